The molecular formula is C12H13NO. The van der Waals surface area contributed by atoms with Crippen molar-refractivity contribution < 1.29 is 4.79 Å². The molecular weight excluding hydrogens is 174 g/mol. The summed E-state index contributed by atoms with van der Waals surface area (Å²) in [6.45, 7) is 4.22. The van der Waals surface area contributed by atoms with Crippen LogP contribution in [0, 0.1) is 0 Å². The molecule has 2 heteroatoms. The van der Waals surface area contributed by atoms with E-state index in [9.17, 15) is 4.79 Å². The quantitative estimate of drug-likeness (QED) is 0.662. The molecule has 0 aliphatic rings. The molecule has 0 radical (unpaired) electrons. The smallest absolute Gasteiger partial charge is 0.152 e. The normalized spacial score (nSPS) is 11.1. The van der Waals surface area contributed by atoms with E-state index in [1.807, 2.05) is 30.5 Å². The van der Waals surface area contributed by atoms with Crippen molar-refractivity contribution in [2.75, 3.05) is 0 Å². The minimum absolute atomic E-state index is 0.383. The molecule has 0 amide bonds. The fourth-order valence-electron chi connectivity index (χ4n) is 1.77. The molecule has 0 bridgehead atoms. The lowest BCUT2D eigenvalue weighted by atomic mass is 10.1. The van der Waals surface area contributed by atoms with Gasteiger partial charge in [-0.1, -0.05) is 12.1 Å². The molecule has 0 atom stereocenters. The average Bonchev–Trinajstić information content (AvgIpc) is 2.60. The highest BCUT2D eigenvalue weighted by molar-refractivity contribution is 5.96. The van der Waals surface area contributed by atoms with Crippen LogP contribution in [0.25, 0.3) is 10.9 Å². The van der Waals surface area contributed by atoms with Crippen LogP contribution in [0.4, 0.5) is 0 Å². The molecule has 2 aromatic rings. The molecule has 0 unspecified atom stereocenters. The summed E-state index contributed by atoms with van der Waals surface area (Å²) in [4.78, 5) is 10.9. The van der Waals surface area contributed by atoms with Crippen LogP contribution in [0.15, 0.2) is 30.5 Å². The van der Waals surface area contributed by atoms with Crippen LogP contribution in [0.1, 0.15) is 30.2 Å². The van der Waals surface area contributed by atoms with Gasteiger partial charge in [0, 0.05) is 23.2 Å². The molecule has 1 aromatic heterocycles. The second-order valence-electron chi connectivity index (χ2n) is 3.72. The number of nitrogens with zero attached hydrogens (tertiary/aromatic N) is 1. The van der Waals surface area contributed by atoms with Crippen molar-refractivity contribution in [1.82, 2.24) is 4.57 Å². The summed E-state index contributed by atoms with van der Waals surface area (Å²) in [6.07, 6.45) is 2.95. The predicted molar refractivity (Wildman–Crippen MR) is 57.7 cm³/mol. The van der Waals surface area contributed by atoms with Crippen LogP contribution >= 0.6 is 0 Å². The van der Waals surface area contributed by atoms with Crippen LogP contribution in [0.5, 0.6) is 0 Å². The fraction of sp³-hybridized carbons (Fsp3) is 0.250. The lowest BCUT2D eigenvalue weighted by Crippen LogP contribution is -2.00. The maximum absolute atomic E-state index is 10.9. The van der Waals surface area contributed by atoms with Crippen molar-refractivity contribution >= 4 is 17.2 Å². The van der Waals surface area contributed by atoms with Crippen molar-refractivity contribution in [2.45, 2.75) is 19.9 Å². The van der Waals surface area contributed by atoms with Gasteiger partial charge >= 0.3 is 0 Å². The first-order valence-corrected chi connectivity index (χ1v) is 4.79. The molecule has 14 heavy (non-hydrogen) atoms. The minimum Gasteiger partial charge on any atom is -0.344 e. The molecule has 1 heterocycles. The van der Waals surface area contributed by atoms with Gasteiger partial charge in [-0.05, 0) is 26.0 Å². The lowest BCUT2D eigenvalue weighted by molar-refractivity contribution is 0.112. The Morgan fingerprint density at radius 1 is 1.29 bits per heavy atom. The number of benzene rings is 1. The van der Waals surface area contributed by atoms with Gasteiger partial charge in [0.05, 0.1) is 5.52 Å². The van der Waals surface area contributed by atoms with Gasteiger partial charge in [0.25, 0.3) is 0 Å². The Bertz CT molecular complexity index is 468. The Kier molecular flexibility index (Phi) is 2.12. The summed E-state index contributed by atoms with van der Waals surface area (Å²) in [5, 5.41) is 1.13. The number of aldehydes is 1. The Hall–Kier alpha value is -1.57. The Labute approximate surface area is 83.2 Å². The molecule has 0 aliphatic heterocycles. The van der Waals surface area contributed by atoms with E-state index in [1.54, 1.807) is 0 Å². The highest BCUT2D eigenvalue weighted by atomic mass is 16.1. The largest absolute Gasteiger partial charge is 0.344 e. The first kappa shape index (κ1) is 9.00. The zero-order valence-electron chi connectivity index (χ0n) is 8.40. The maximum atomic E-state index is 10.9. The van der Waals surface area contributed by atoms with Crippen molar-refractivity contribution in [3.8, 4) is 0 Å². The topological polar surface area (TPSA) is 22.0 Å². The molecule has 2 rings (SSSR count). The zero-order valence-corrected chi connectivity index (χ0v) is 8.40. The van der Waals surface area contributed by atoms with E-state index in [0.29, 0.717) is 6.04 Å². The van der Waals surface area contributed by atoms with Gasteiger partial charge < -0.3 is 4.57 Å². The van der Waals surface area contributed by atoms with E-state index >= 15 is 0 Å². The molecule has 0 fully saturated rings. The maximum Gasteiger partial charge on any atom is 0.152 e. The Morgan fingerprint density at radius 3 is 2.71 bits per heavy atom. The number of aromatic nitrogens is 1. The second-order valence-corrected chi connectivity index (χ2v) is 3.72. The lowest BCUT2D eigenvalue weighted by Gasteiger charge is -2.10. The molecule has 0 aliphatic carbocycles. The summed E-state index contributed by atoms with van der Waals surface area (Å²) in [6, 6.07) is 8.22. The predicted octanol–water partition coefficient (Wildman–Crippen LogP) is 3.03. The van der Waals surface area contributed by atoms with E-state index < -0.39 is 0 Å². The van der Waals surface area contributed by atoms with E-state index in [-0.39, 0.29) is 0 Å². The summed E-state index contributed by atoms with van der Waals surface area (Å²) in [5.41, 5.74) is 1.80. The molecule has 0 saturated heterocycles. The van der Waals surface area contributed by atoms with Crippen LogP contribution < -0.4 is 0 Å². The number of hydrogen-bond donors (Lipinski definition) is 0. The molecule has 2 nitrogen and oxygen atoms in total. The first-order chi connectivity index (χ1) is 6.74. The summed E-state index contributed by atoms with van der Waals surface area (Å²) >= 11 is 0. The van der Waals surface area contributed by atoms with Gasteiger partial charge in [-0.3, -0.25) is 4.79 Å². The second kappa shape index (κ2) is 3.29. The number of fused-ring (bicyclic) bond motifs is 1. The number of carbonyl (C=O) groups excluding carboxylic acids is 1. The van der Waals surface area contributed by atoms with Gasteiger partial charge in [-0.15, -0.1) is 0 Å². The third kappa shape index (κ3) is 1.23. The van der Waals surface area contributed by atoms with Gasteiger partial charge in [-0.2, -0.15) is 0 Å². The minimum atomic E-state index is 0.383. The van der Waals surface area contributed by atoms with Crippen LogP contribution in [0.2, 0.25) is 0 Å². The van der Waals surface area contributed by atoms with Crippen molar-refractivity contribution in [3.63, 3.8) is 0 Å². The van der Waals surface area contributed by atoms with Crippen LogP contribution in [0.3, 0.4) is 0 Å². The molecule has 72 valence electrons. The summed E-state index contributed by atoms with van der Waals surface area (Å²) in [7, 11) is 0. The van der Waals surface area contributed by atoms with Gasteiger partial charge in [0.15, 0.2) is 6.29 Å². The standard InChI is InChI=1S/C12H13NO/c1-9(2)13-7-6-10-4-3-5-11(8-14)12(10)13/h3-9H,1-2H3. The van der Waals surface area contributed by atoms with Gasteiger partial charge in [-0.25, -0.2) is 0 Å². The average molecular weight is 187 g/mol. The third-order valence-corrected chi connectivity index (χ3v) is 2.45. The third-order valence-electron chi connectivity index (χ3n) is 2.45. The van der Waals surface area contributed by atoms with E-state index in [1.165, 1.54) is 0 Å². The van der Waals surface area contributed by atoms with Gasteiger partial charge in [0.2, 0.25) is 0 Å². The van der Waals surface area contributed by atoms with E-state index in [4.69, 9.17) is 0 Å². The highest BCUT2D eigenvalue weighted by Gasteiger charge is 2.07. The summed E-state index contributed by atoms with van der Waals surface area (Å²) in [5.74, 6) is 0. The van der Waals surface area contributed by atoms with E-state index in [2.05, 4.69) is 18.4 Å². The van der Waals surface area contributed by atoms with Crippen LogP contribution in [-0.4, -0.2) is 10.9 Å². The molecule has 0 spiro atoms. The number of rotatable bonds is 2. The zero-order chi connectivity index (χ0) is 10.1. The number of hydrogen-bond acceptors (Lipinski definition) is 1. The monoisotopic (exact) mass is 187 g/mol. The molecule has 0 saturated carbocycles. The SMILES string of the molecule is CC(C)n1ccc2cccc(C=O)c21. The number of carbonyl (C=O) groups is 1. The van der Waals surface area contributed by atoms with Crippen molar-refractivity contribution in [3.05, 3.63) is 36.0 Å². The number of para-hydroxylation sites is 1. The van der Waals surface area contributed by atoms with E-state index in [0.717, 1.165) is 22.8 Å². The highest BCUT2D eigenvalue weighted by Crippen LogP contribution is 2.22. The van der Waals surface area contributed by atoms with Gasteiger partial charge in [0.1, 0.15) is 0 Å². The first-order valence-electron chi connectivity index (χ1n) is 4.79. The Morgan fingerprint density at radius 2 is 2.07 bits per heavy atom. The van der Waals surface area contributed by atoms with Crippen molar-refractivity contribution in [1.29, 1.82) is 0 Å². The van der Waals surface area contributed by atoms with Crippen LogP contribution in [-0.2, 0) is 0 Å². The Balaban J connectivity index is 2.80. The molecule has 1 aromatic carbocycles. The fourth-order valence-corrected chi connectivity index (χ4v) is 1.77. The summed E-state index contributed by atoms with van der Waals surface area (Å²) < 4.78 is 2.12. The molecule has 0 N–H and O–H groups in total. The van der Waals surface area contributed by atoms with Crippen molar-refractivity contribution in [2.24, 2.45) is 0 Å².